The minimum Gasteiger partial charge on any atom is -0.481 e. The minimum absolute atomic E-state index is 0.0172. The maximum Gasteiger partial charge on any atom is 0.407 e. The number of benzene rings is 2. The molecule has 1 aliphatic rings. The molecule has 0 bridgehead atoms. The van der Waals surface area contributed by atoms with Crippen LogP contribution in [-0.4, -0.2) is 54.3 Å². The normalized spacial score (nSPS) is 13.0. The number of nitrogens with one attached hydrogen (secondary N) is 2. The van der Waals surface area contributed by atoms with E-state index in [-0.39, 0.29) is 30.7 Å². The number of hydrogen-bond acceptors (Lipinski definition) is 5. The average molecular weight is 471 g/mol. The molecule has 3 rings (SSSR count). The van der Waals surface area contributed by atoms with Gasteiger partial charge >= 0.3 is 12.1 Å². The maximum atomic E-state index is 12.1. The average Bonchev–Trinajstić information content (AvgIpc) is 3.13. The van der Waals surface area contributed by atoms with Gasteiger partial charge in [0.05, 0.1) is 11.7 Å². The van der Waals surface area contributed by atoms with Crippen molar-refractivity contribution in [3.8, 4) is 11.1 Å². The smallest absolute Gasteiger partial charge is 0.407 e. The first-order valence-electron chi connectivity index (χ1n) is 11.2. The quantitative estimate of drug-likeness (QED) is 0.407. The second-order valence-electron chi connectivity index (χ2n) is 7.93. The Hall–Kier alpha value is -3.00. The molecule has 2 aromatic carbocycles. The molecule has 0 fully saturated rings. The maximum absolute atomic E-state index is 12.1. The van der Waals surface area contributed by atoms with E-state index in [0.29, 0.717) is 18.7 Å². The molecule has 2 amide bonds. The van der Waals surface area contributed by atoms with Crippen molar-refractivity contribution in [2.75, 3.05) is 31.2 Å². The molecular formula is C25H30N2O5S. The first-order valence-corrected chi connectivity index (χ1v) is 12.3. The van der Waals surface area contributed by atoms with E-state index in [2.05, 4.69) is 34.9 Å². The fraction of sp³-hybridized carbons (Fsp3) is 0.400. The van der Waals surface area contributed by atoms with Crippen molar-refractivity contribution in [3.63, 3.8) is 0 Å². The van der Waals surface area contributed by atoms with Crippen molar-refractivity contribution in [2.24, 2.45) is 5.92 Å². The lowest BCUT2D eigenvalue weighted by Crippen LogP contribution is -2.34. The third-order valence-corrected chi connectivity index (χ3v) is 6.58. The lowest BCUT2D eigenvalue weighted by Gasteiger charge is -2.14. The van der Waals surface area contributed by atoms with Crippen molar-refractivity contribution in [3.05, 3.63) is 59.7 Å². The highest BCUT2D eigenvalue weighted by atomic mass is 32.2. The Bertz CT molecular complexity index is 935. The zero-order chi connectivity index (χ0) is 23.6. The summed E-state index contributed by atoms with van der Waals surface area (Å²) in [6.45, 7) is 2.69. The SMILES string of the molecule is CCCC(CNC(=O)CSCCNC(=O)OCC1c2ccccc2-c2ccccc21)C(=O)O. The molecule has 0 spiro atoms. The van der Waals surface area contributed by atoms with Gasteiger partial charge in [-0.05, 0) is 28.7 Å². The highest BCUT2D eigenvalue weighted by Gasteiger charge is 2.28. The first kappa shape index (κ1) is 24.6. The predicted molar refractivity (Wildman–Crippen MR) is 129 cm³/mol. The first-order chi connectivity index (χ1) is 16.0. The van der Waals surface area contributed by atoms with Gasteiger partial charge in [0.1, 0.15) is 6.61 Å². The summed E-state index contributed by atoms with van der Waals surface area (Å²) in [6, 6.07) is 16.3. The Balaban J connectivity index is 1.34. The van der Waals surface area contributed by atoms with E-state index in [9.17, 15) is 14.4 Å². The molecule has 0 aromatic heterocycles. The number of hydrogen-bond donors (Lipinski definition) is 3. The molecule has 7 nitrogen and oxygen atoms in total. The summed E-state index contributed by atoms with van der Waals surface area (Å²) in [5.41, 5.74) is 4.69. The van der Waals surface area contributed by atoms with E-state index in [1.807, 2.05) is 31.2 Å². The standard InChI is InChI=1S/C25H30N2O5S/c1-2-7-17(24(29)30)14-27-23(28)16-33-13-12-26-25(31)32-15-22-20-10-5-3-8-18(20)19-9-4-6-11-21(19)22/h3-6,8-11,17,22H,2,7,12-16H2,1H3,(H,26,31)(H,27,28)(H,29,30). The number of carbonyl (C=O) groups is 3. The lowest BCUT2D eigenvalue weighted by atomic mass is 9.98. The summed E-state index contributed by atoms with van der Waals surface area (Å²) in [5.74, 6) is -0.872. The van der Waals surface area contributed by atoms with Gasteiger partial charge < -0.3 is 20.5 Å². The summed E-state index contributed by atoms with van der Waals surface area (Å²) in [7, 11) is 0. The lowest BCUT2D eigenvalue weighted by molar-refractivity contribution is -0.141. The molecule has 1 aliphatic carbocycles. The van der Waals surface area contributed by atoms with Crippen LogP contribution in [0.15, 0.2) is 48.5 Å². The van der Waals surface area contributed by atoms with Crippen LogP contribution in [0.4, 0.5) is 4.79 Å². The van der Waals surface area contributed by atoms with E-state index in [1.165, 1.54) is 22.9 Å². The van der Waals surface area contributed by atoms with Gasteiger partial charge in [-0.3, -0.25) is 9.59 Å². The molecule has 0 heterocycles. The van der Waals surface area contributed by atoms with Gasteiger partial charge in [0.2, 0.25) is 5.91 Å². The van der Waals surface area contributed by atoms with Crippen molar-refractivity contribution >= 4 is 29.7 Å². The summed E-state index contributed by atoms with van der Waals surface area (Å²) < 4.78 is 5.48. The molecule has 0 radical (unpaired) electrons. The molecule has 0 saturated carbocycles. The van der Waals surface area contributed by atoms with Gasteiger partial charge in [-0.1, -0.05) is 61.9 Å². The van der Waals surface area contributed by atoms with Gasteiger partial charge in [-0.15, -0.1) is 0 Å². The molecule has 0 aliphatic heterocycles. The number of thioether (sulfide) groups is 1. The van der Waals surface area contributed by atoms with Gasteiger partial charge in [-0.2, -0.15) is 11.8 Å². The van der Waals surface area contributed by atoms with E-state index in [4.69, 9.17) is 9.84 Å². The molecule has 33 heavy (non-hydrogen) atoms. The number of fused-ring (bicyclic) bond motifs is 3. The molecule has 3 N–H and O–H groups in total. The second-order valence-corrected chi connectivity index (χ2v) is 9.04. The van der Waals surface area contributed by atoms with Gasteiger partial charge in [0.25, 0.3) is 0 Å². The molecular weight excluding hydrogens is 440 g/mol. The highest BCUT2D eigenvalue weighted by Crippen LogP contribution is 2.44. The minimum atomic E-state index is -0.892. The predicted octanol–water partition coefficient (Wildman–Crippen LogP) is 3.88. The number of amides is 2. The summed E-state index contributed by atoms with van der Waals surface area (Å²) in [4.78, 5) is 35.1. The number of alkyl carbamates (subject to hydrolysis) is 1. The van der Waals surface area contributed by atoms with Crippen LogP contribution in [0.3, 0.4) is 0 Å². The van der Waals surface area contributed by atoms with Crippen molar-refractivity contribution in [1.29, 1.82) is 0 Å². The Morgan fingerprint density at radius 3 is 2.27 bits per heavy atom. The fourth-order valence-electron chi connectivity index (χ4n) is 3.99. The molecule has 2 aromatic rings. The number of rotatable bonds is 12. The van der Waals surface area contributed by atoms with E-state index in [0.717, 1.165) is 17.5 Å². The van der Waals surface area contributed by atoms with Gasteiger partial charge in [-0.25, -0.2) is 4.79 Å². The number of aliphatic carboxylic acids is 1. The van der Waals surface area contributed by atoms with Crippen LogP contribution in [0, 0.1) is 5.92 Å². The molecule has 8 heteroatoms. The molecule has 0 saturated heterocycles. The van der Waals surface area contributed by atoms with Crippen LogP contribution < -0.4 is 10.6 Å². The van der Waals surface area contributed by atoms with E-state index < -0.39 is 18.0 Å². The Morgan fingerprint density at radius 1 is 1.03 bits per heavy atom. The monoisotopic (exact) mass is 470 g/mol. The zero-order valence-electron chi connectivity index (χ0n) is 18.7. The number of carboxylic acid groups (broad SMARTS) is 1. The van der Waals surface area contributed by atoms with Crippen LogP contribution in [0.5, 0.6) is 0 Å². The van der Waals surface area contributed by atoms with E-state index >= 15 is 0 Å². The zero-order valence-corrected chi connectivity index (χ0v) is 19.5. The largest absolute Gasteiger partial charge is 0.481 e. The topological polar surface area (TPSA) is 105 Å². The number of carboxylic acids is 1. The van der Waals surface area contributed by atoms with Gasteiger partial charge in [0, 0.05) is 24.8 Å². The third-order valence-electron chi connectivity index (χ3n) is 5.62. The van der Waals surface area contributed by atoms with Crippen molar-refractivity contribution in [1.82, 2.24) is 10.6 Å². The van der Waals surface area contributed by atoms with Crippen LogP contribution in [0.25, 0.3) is 11.1 Å². The van der Waals surface area contributed by atoms with E-state index in [1.54, 1.807) is 0 Å². The number of ether oxygens (including phenoxy) is 1. The second kappa shape index (κ2) is 12.3. The number of carbonyl (C=O) groups excluding carboxylic acids is 2. The van der Waals surface area contributed by atoms with Crippen LogP contribution in [0.1, 0.15) is 36.8 Å². The fourth-order valence-corrected chi connectivity index (χ4v) is 4.67. The van der Waals surface area contributed by atoms with Crippen LogP contribution in [-0.2, 0) is 14.3 Å². The van der Waals surface area contributed by atoms with Crippen molar-refractivity contribution in [2.45, 2.75) is 25.7 Å². The summed E-state index contributed by atoms with van der Waals surface area (Å²) >= 11 is 1.37. The summed E-state index contributed by atoms with van der Waals surface area (Å²) in [5, 5.41) is 14.5. The van der Waals surface area contributed by atoms with Crippen LogP contribution >= 0.6 is 11.8 Å². The Morgan fingerprint density at radius 2 is 1.67 bits per heavy atom. The van der Waals surface area contributed by atoms with Crippen molar-refractivity contribution < 1.29 is 24.2 Å². The molecule has 1 unspecified atom stereocenters. The highest BCUT2D eigenvalue weighted by molar-refractivity contribution is 7.99. The Labute approximate surface area is 198 Å². The third kappa shape index (κ3) is 6.74. The summed E-state index contributed by atoms with van der Waals surface area (Å²) in [6.07, 6.45) is 0.807. The van der Waals surface area contributed by atoms with Gasteiger partial charge in [0.15, 0.2) is 0 Å². The molecule has 176 valence electrons. The van der Waals surface area contributed by atoms with Crippen LogP contribution in [0.2, 0.25) is 0 Å². The Kier molecular flexibility index (Phi) is 9.18. The molecule has 1 atom stereocenters.